The number of hydrogen-bond donors (Lipinski definition) is 0. The van der Waals surface area contributed by atoms with Crippen LogP contribution in [0.5, 0.6) is 5.75 Å². The number of benzene rings is 3. The van der Waals surface area contributed by atoms with Gasteiger partial charge in [-0.15, -0.1) is 0 Å². The van der Waals surface area contributed by atoms with Crippen LogP contribution in [-0.2, 0) is 13.0 Å². The van der Waals surface area contributed by atoms with Crippen LogP contribution in [0.2, 0.25) is 0 Å². The minimum absolute atomic E-state index is 0.0703. The van der Waals surface area contributed by atoms with Crippen molar-refractivity contribution in [1.82, 2.24) is 4.90 Å². The highest BCUT2D eigenvalue weighted by Crippen LogP contribution is 2.17. The lowest BCUT2D eigenvalue weighted by Gasteiger charge is -2.22. The van der Waals surface area contributed by atoms with Gasteiger partial charge in [-0.2, -0.15) is 0 Å². The monoisotopic (exact) mass is 376 g/mol. The van der Waals surface area contributed by atoms with Gasteiger partial charge in [-0.25, -0.2) is 0 Å². The number of nitro groups is 1. The van der Waals surface area contributed by atoms with Crippen LogP contribution in [0.1, 0.15) is 11.1 Å². The Labute approximate surface area is 165 Å². The smallest absolute Gasteiger partial charge is 0.269 e. The first-order valence-corrected chi connectivity index (χ1v) is 9.38. The minimum Gasteiger partial charge on any atom is -0.492 e. The zero-order chi connectivity index (χ0) is 19.6. The van der Waals surface area contributed by atoms with Gasteiger partial charge in [-0.05, 0) is 29.7 Å². The highest BCUT2D eigenvalue weighted by atomic mass is 16.6. The fourth-order valence-corrected chi connectivity index (χ4v) is 3.00. The second-order valence-corrected chi connectivity index (χ2v) is 6.60. The van der Waals surface area contributed by atoms with Crippen molar-refractivity contribution in [3.05, 3.63) is 106 Å². The van der Waals surface area contributed by atoms with Crippen LogP contribution in [0.25, 0.3) is 0 Å². The van der Waals surface area contributed by atoms with Crippen molar-refractivity contribution in [2.75, 3.05) is 19.7 Å². The third-order valence-corrected chi connectivity index (χ3v) is 4.53. The van der Waals surface area contributed by atoms with E-state index in [9.17, 15) is 10.1 Å². The van der Waals surface area contributed by atoms with E-state index < -0.39 is 4.92 Å². The molecule has 0 bridgehead atoms. The summed E-state index contributed by atoms with van der Waals surface area (Å²) < 4.78 is 5.80. The molecule has 28 heavy (non-hydrogen) atoms. The van der Waals surface area contributed by atoms with Gasteiger partial charge in [0.2, 0.25) is 0 Å². The summed E-state index contributed by atoms with van der Waals surface area (Å²) in [6.45, 7) is 3.10. The number of nitrogens with zero attached hydrogens (tertiary/aromatic N) is 2. The summed E-state index contributed by atoms with van der Waals surface area (Å²) in [5.74, 6) is 0.647. The van der Waals surface area contributed by atoms with Gasteiger partial charge in [0.25, 0.3) is 5.69 Å². The first-order chi connectivity index (χ1) is 13.7. The molecule has 0 N–H and O–H groups in total. The Morgan fingerprint density at radius 2 is 1.39 bits per heavy atom. The molecule has 3 aromatic carbocycles. The first kappa shape index (κ1) is 19.6. The van der Waals surface area contributed by atoms with E-state index in [1.807, 2.05) is 12.1 Å². The quantitative estimate of drug-likeness (QED) is 0.379. The minimum atomic E-state index is -0.408. The largest absolute Gasteiger partial charge is 0.492 e. The van der Waals surface area contributed by atoms with E-state index >= 15 is 0 Å². The lowest BCUT2D eigenvalue weighted by Crippen LogP contribution is -2.30. The van der Waals surface area contributed by atoms with Gasteiger partial charge >= 0.3 is 0 Å². The molecule has 5 heteroatoms. The maximum Gasteiger partial charge on any atom is 0.269 e. The molecule has 5 nitrogen and oxygen atoms in total. The summed E-state index contributed by atoms with van der Waals surface area (Å²) >= 11 is 0. The average molecular weight is 376 g/mol. The van der Waals surface area contributed by atoms with Crippen LogP contribution in [0.4, 0.5) is 5.69 Å². The predicted octanol–water partition coefficient (Wildman–Crippen LogP) is 4.72. The molecule has 3 aromatic rings. The van der Waals surface area contributed by atoms with Gasteiger partial charge in [0.05, 0.1) is 4.92 Å². The van der Waals surface area contributed by atoms with Crippen LogP contribution in [0.3, 0.4) is 0 Å². The molecule has 0 saturated heterocycles. The van der Waals surface area contributed by atoms with Crippen molar-refractivity contribution in [3.63, 3.8) is 0 Å². The molecular formula is C23H24N2O3. The van der Waals surface area contributed by atoms with Gasteiger partial charge in [-0.3, -0.25) is 15.0 Å². The molecule has 0 aromatic heterocycles. The molecule has 0 aliphatic rings. The highest BCUT2D eigenvalue weighted by molar-refractivity contribution is 5.35. The fourth-order valence-electron chi connectivity index (χ4n) is 3.00. The molecule has 0 atom stereocenters. The van der Waals surface area contributed by atoms with Crippen LogP contribution < -0.4 is 4.74 Å². The molecule has 0 unspecified atom stereocenters. The van der Waals surface area contributed by atoms with Crippen LogP contribution in [-0.4, -0.2) is 29.5 Å². The molecule has 0 radical (unpaired) electrons. The molecule has 0 fully saturated rings. The maximum atomic E-state index is 10.7. The standard InChI is InChI=1S/C23H24N2O3/c26-25(27)22-11-13-23(14-12-22)28-18-17-24(19-21-9-5-2-6-10-21)16-15-20-7-3-1-4-8-20/h1-14H,15-19H2. The Kier molecular flexibility index (Phi) is 7.15. The van der Waals surface area contributed by atoms with E-state index in [1.54, 1.807) is 12.1 Å². The second-order valence-electron chi connectivity index (χ2n) is 6.60. The Bertz CT molecular complexity index is 852. The lowest BCUT2D eigenvalue weighted by molar-refractivity contribution is -0.384. The fraction of sp³-hybridized carbons (Fsp3) is 0.217. The van der Waals surface area contributed by atoms with E-state index in [0.29, 0.717) is 12.4 Å². The third-order valence-electron chi connectivity index (χ3n) is 4.53. The van der Waals surface area contributed by atoms with Gasteiger partial charge in [0.1, 0.15) is 12.4 Å². The van der Waals surface area contributed by atoms with E-state index in [4.69, 9.17) is 4.74 Å². The van der Waals surface area contributed by atoms with Crippen molar-refractivity contribution < 1.29 is 9.66 Å². The Balaban J connectivity index is 1.55. The van der Waals surface area contributed by atoms with E-state index in [-0.39, 0.29) is 5.69 Å². The summed E-state index contributed by atoms with van der Waals surface area (Å²) in [6.07, 6.45) is 0.977. The van der Waals surface area contributed by atoms with Crippen molar-refractivity contribution in [1.29, 1.82) is 0 Å². The average Bonchev–Trinajstić information content (AvgIpc) is 2.74. The normalized spacial score (nSPS) is 10.8. The predicted molar refractivity (Wildman–Crippen MR) is 110 cm³/mol. The molecular weight excluding hydrogens is 352 g/mol. The Morgan fingerprint density at radius 3 is 2.00 bits per heavy atom. The first-order valence-electron chi connectivity index (χ1n) is 9.38. The van der Waals surface area contributed by atoms with Crippen LogP contribution >= 0.6 is 0 Å². The summed E-state index contributed by atoms with van der Waals surface area (Å²) in [6, 6.07) is 27.1. The van der Waals surface area contributed by atoms with Gasteiger partial charge in [0.15, 0.2) is 0 Å². The number of hydrogen-bond acceptors (Lipinski definition) is 4. The summed E-state index contributed by atoms with van der Waals surface area (Å²) in [4.78, 5) is 12.7. The van der Waals surface area contributed by atoms with Crippen molar-refractivity contribution in [2.45, 2.75) is 13.0 Å². The van der Waals surface area contributed by atoms with E-state index in [0.717, 1.165) is 26.1 Å². The molecule has 144 valence electrons. The Morgan fingerprint density at radius 1 is 0.786 bits per heavy atom. The van der Waals surface area contributed by atoms with Crippen molar-refractivity contribution in [2.24, 2.45) is 0 Å². The molecule has 0 aliphatic carbocycles. The molecule has 0 aliphatic heterocycles. The number of rotatable bonds is 10. The molecule has 0 amide bonds. The summed E-state index contributed by atoms with van der Waals surface area (Å²) in [5, 5.41) is 10.7. The van der Waals surface area contributed by atoms with Crippen molar-refractivity contribution >= 4 is 5.69 Å². The second kappa shape index (κ2) is 10.2. The lowest BCUT2D eigenvalue weighted by atomic mass is 10.1. The summed E-state index contributed by atoms with van der Waals surface area (Å²) in [5.41, 5.74) is 2.66. The highest BCUT2D eigenvalue weighted by Gasteiger charge is 2.08. The van der Waals surface area contributed by atoms with Crippen LogP contribution in [0.15, 0.2) is 84.9 Å². The Hall–Kier alpha value is -3.18. The number of non-ortho nitro benzene ring substituents is 1. The van der Waals surface area contributed by atoms with Gasteiger partial charge in [-0.1, -0.05) is 60.7 Å². The van der Waals surface area contributed by atoms with E-state index in [1.165, 1.54) is 23.3 Å². The van der Waals surface area contributed by atoms with Gasteiger partial charge in [0, 0.05) is 31.8 Å². The zero-order valence-electron chi connectivity index (χ0n) is 15.7. The number of ether oxygens (including phenoxy) is 1. The number of nitro benzene ring substituents is 1. The van der Waals surface area contributed by atoms with Gasteiger partial charge < -0.3 is 4.74 Å². The maximum absolute atomic E-state index is 10.7. The van der Waals surface area contributed by atoms with Crippen molar-refractivity contribution in [3.8, 4) is 5.75 Å². The SMILES string of the molecule is O=[N+]([O-])c1ccc(OCCN(CCc2ccccc2)Cc2ccccc2)cc1. The summed E-state index contributed by atoms with van der Waals surface area (Å²) in [7, 11) is 0. The molecule has 0 heterocycles. The zero-order valence-corrected chi connectivity index (χ0v) is 15.7. The topological polar surface area (TPSA) is 55.6 Å². The third kappa shape index (κ3) is 6.21. The molecule has 0 spiro atoms. The molecule has 3 rings (SSSR count). The molecule has 0 saturated carbocycles. The van der Waals surface area contributed by atoms with E-state index in [2.05, 4.69) is 53.4 Å². The van der Waals surface area contributed by atoms with Crippen LogP contribution in [0, 0.1) is 10.1 Å².